The molecular formula is C26H32ClN7O. The SMILES string of the molecule is CN1CCO[C@H](CN2Cc3cc(Cl)ccc3-n3c(nnc3C3CCN(c4ccccn4)CC3)C2)C1. The average molecular weight is 494 g/mol. The number of nitrogens with zero attached hydrogens (tertiary/aromatic N) is 7. The molecule has 0 bridgehead atoms. The number of fused-ring (bicyclic) bond motifs is 3. The van der Waals surface area contributed by atoms with Crippen molar-refractivity contribution in [2.24, 2.45) is 0 Å². The lowest BCUT2D eigenvalue weighted by atomic mass is 9.95. The minimum Gasteiger partial charge on any atom is -0.374 e. The van der Waals surface area contributed by atoms with Crippen LogP contribution in [0.25, 0.3) is 5.69 Å². The van der Waals surface area contributed by atoms with Gasteiger partial charge < -0.3 is 14.5 Å². The predicted octanol–water partition coefficient (Wildman–Crippen LogP) is 3.35. The highest BCUT2D eigenvalue weighted by Crippen LogP contribution is 2.34. The van der Waals surface area contributed by atoms with Crippen molar-refractivity contribution in [2.75, 3.05) is 51.3 Å². The Labute approximate surface area is 211 Å². The third-order valence-electron chi connectivity index (χ3n) is 7.43. The monoisotopic (exact) mass is 493 g/mol. The Morgan fingerprint density at radius 2 is 1.94 bits per heavy atom. The molecule has 0 amide bonds. The molecule has 9 heteroatoms. The Morgan fingerprint density at radius 1 is 1.06 bits per heavy atom. The summed E-state index contributed by atoms with van der Waals surface area (Å²) in [5.41, 5.74) is 2.37. The number of benzene rings is 1. The van der Waals surface area contributed by atoms with Gasteiger partial charge >= 0.3 is 0 Å². The van der Waals surface area contributed by atoms with E-state index in [1.807, 2.05) is 18.3 Å². The van der Waals surface area contributed by atoms with Crippen LogP contribution in [0.15, 0.2) is 42.6 Å². The maximum Gasteiger partial charge on any atom is 0.151 e. The second kappa shape index (κ2) is 9.85. The van der Waals surface area contributed by atoms with Crippen molar-refractivity contribution in [1.82, 2.24) is 29.5 Å². The molecule has 184 valence electrons. The fraction of sp³-hybridized carbons (Fsp3) is 0.500. The first-order valence-corrected chi connectivity index (χ1v) is 12.9. The summed E-state index contributed by atoms with van der Waals surface area (Å²) in [5, 5.41) is 10.2. The number of hydrogen-bond donors (Lipinski definition) is 0. The number of halogens is 1. The lowest BCUT2D eigenvalue weighted by molar-refractivity contribution is -0.0380. The second-order valence-corrected chi connectivity index (χ2v) is 10.4. The molecule has 6 rings (SSSR count). The van der Waals surface area contributed by atoms with E-state index in [0.29, 0.717) is 5.92 Å². The van der Waals surface area contributed by atoms with E-state index in [0.717, 1.165) is 93.4 Å². The highest BCUT2D eigenvalue weighted by atomic mass is 35.5. The molecule has 2 aromatic heterocycles. The van der Waals surface area contributed by atoms with Crippen molar-refractivity contribution in [3.63, 3.8) is 0 Å². The summed E-state index contributed by atoms with van der Waals surface area (Å²) in [4.78, 5) is 11.7. The summed E-state index contributed by atoms with van der Waals surface area (Å²) in [5.74, 6) is 3.48. The number of aromatic nitrogens is 4. The largest absolute Gasteiger partial charge is 0.374 e. The van der Waals surface area contributed by atoms with Crippen LogP contribution in [0.4, 0.5) is 5.82 Å². The van der Waals surface area contributed by atoms with Gasteiger partial charge in [-0.15, -0.1) is 10.2 Å². The minimum atomic E-state index is 0.196. The molecule has 1 atom stereocenters. The van der Waals surface area contributed by atoms with Crippen molar-refractivity contribution < 1.29 is 4.74 Å². The normalized spacial score (nSPS) is 22.0. The zero-order chi connectivity index (χ0) is 23.8. The molecule has 8 nitrogen and oxygen atoms in total. The fourth-order valence-electron chi connectivity index (χ4n) is 5.66. The molecule has 0 aliphatic carbocycles. The summed E-state index contributed by atoms with van der Waals surface area (Å²) >= 11 is 6.45. The summed E-state index contributed by atoms with van der Waals surface area (Å²) < 4.78 is 8.38. The van der Waals surface area contributed by atoms with Crippen molar-refractivity contribution in [3.8, 4) is 5.69 Å². The van der Waals surface area contributed by atoms with Crippen LogP contribution in [-0.4, -0.2) is 82.0 Å². The van der Waals surface area contributed by atoms with Crippen molar-refractivity contribution in [3.05, 3.63) is 64.8 Å². The van der Waals surface area contributed by atoms with Gasteiger partial charge in [0, 0.05) is 56.4 Å². The molecule has 0 radical (unpaired) electrons. The van der Waals surface area contributed by atoms with E-state index in [9.17, 15) is 0 Å². The van der Waals surface area contributed by atoms with Crippen LogP contribution in [0.3, 0.4) is 0 Å². The molecule has 2 saturated heterocycles. The average Bonchev–Trinajstić information content (AvgIpc) is 3.21. The number of pyridine rings is 1. The van der Waals surface area contributed by atoms with Gasteiger partial charge in [-0.3, -0.25) is 9.47 Å². The molecule has 1 aromatic carbocycles. The van der Waals surface area contributed by atoms with Crippen LogP contribution in [0, 0.1) is 0 Å². The first-order chi connectivity index (χ1) is 17.1. The molecular weight excluding hydrogens is 462 g/mol. The number of rotatable bonds is 4. The summed E-state index contributed by atoms with van der Waals surface area (Å²) in [6, 6.07) is 12.3. The van der Waals surface area contributed by atoms with Crippen LogP contribution in [-0.2, 0) is 17.8 Å². The number of ether oxygens (including phenoxy) is 1. The van der Waals surface area contributed by atoms with E-state index < -0.39 is 0 Å². The van der Waals surface area contributed by atoms with Gasteiger partial charge in [-0.05, 0) is 55.8 Å². The lowest BCUT2D eigenvalue weighted by Crippen LogP contribution is -2.45. The molecule has 35 heavy (non-hydrogen) atoms. The Hall–Kier alpha value is -2.52. The number of hydrogen-bond acceptors (Lipinski definition) is 7. The third-order valence-corrected chi connectivity index (χ3v) is 7.67. The molecule has 2 fully saturated rings. The Balaban J connectivity index is 1.26. The Bertz CT molecular complexity index is 1160. The highest BCUT2D eigenvalue weighted by Gasteiger charge is 2.31. The predicted molar refractivity (Wildman–Crippen MR) is 136 cm³/mol. The standard InChI is InChI=1S/C26H32ClN7O/c1-31-12-13-35-22(16-31)17-32-15-20-14-21(27)5-6-23(20)34-25(18-32)29-30-26(34)19-7-10-33(11-8-19)24-4-2-3-9-28-24/h2-6,9,14,19,22H,7-8,10-13,15-18H2,1H3/t22-/m0/s1. The van der Waals surface area contributed by atoms with Gasteiger partial charge in [0.2, 0.25) is 0 Å². The first kappa shape index (κ1) is 22.9. The quantitative estimate of drug-likeness (QED) is 0.552. The van der Waals surface area contributed by atoms with Gasteiger partial charge in [0.05, 0.1) is 24.9 Å². The molecule has 3 aliphatic rings. The molecule has 0 unspecified atom stereocenters. The molecule has 3 aromatic rings. The Morgan fingerprint density at radius 3 is 2.74 bits per heavy atom. The molecule has 5 heterocycles. The topological polar surface area (TPSA) is 62.6 Å². The molecule has 0 spiro atoms. The van der Waals surface area contributed by atoms with Crippen LogP contribution in [0.5, 0.6) is 0 Å². The summed E-state index contributed by atoms with van der Waals surface area (Å²) in [7, 11) is 2.16. The number of piperidine rings is 1. The third kappa shape index (κ3) is 4.80. The van der Waals surface area contributed by atoms with Gasteiger partial charge in [0.1, 0.15) is 11.6 Å². The van der Waals surface area contributed by atoms with Crippen molar-refractivity contribution in [2.45, 2.75) is 38.0 Å². The van der Waals surface area contributed by atoms with Gasteiger partial charge in [-0.25, -0.2) is 4.98 Å². The summed E-state index contributed by atoms with van der Waals surface area (Å²) in [6.07, 6.45) is 4.12. The maximum absolute atomic E-state index is 6.45. The van der Waals surface area contributed by atoms with E-state index in [-0.39, 0.29) is 6.10 Å². The van der Waals surface area contributed by atoms with Crippen molar-refractivity contribution >= 4 is 17.4 Å². The lowest BCUT2D eigenvalue weighted by Gasteiger charge is -2.33. The van der Waals surface area contributed by atoms with Crippen LogP contribution >= 0.6 is 11.6 Å². The first-order valence-electron chi connectivity index (χ1n) is 12.6. The molecule has 0 saturated carbocycles. The van der Waals surface area contributed by atoms with Crippen molar-refractivity contribution in [1.29, 1.82) is 0 Å². The summed E-state index contributed by atoms with van der Waals surface area (Å²) in [6.45, 7) is 7.09. The molecule has 0 N–H and O–H groups in total. The zero-order valence-electron chi connectivity index (χ0n) is 20.2. The van der Waals surface area contributed by atoms with Gasteiger partial charge in [0.25, 0.3) is 0 Å². The molecule has 3 aliphatic heterocycles. The van der Waals surface area contributed by atoms with Crippen LogP contribution in [0.2, 0.25) is 5.02 Å². The smallest absolute Gasteiger partial charge is 0.151 e. The van der Waals surface area contributed by atoms with Gasteiger partial charge in [-0.1, -0.05) is 17.7 Å². The van der Waals surface area contributed by atoms with Gasteiger partial charge in [0.15, 0.2) is 5.82 Å². The van der Waals surface area contributed by atoms with Crippen LogP contribution < -0.4 is 4.90 Å². The van der Waals surface area contributed by atoms with Crippen LogP contribution in [0.1, 0.15) is 36.0 Å². The number of morpholine rings is 1. The van der Waals surface area contributed by atoms with E-state index >= 15 is 0 Å². The highest BCUT2D eigenvalue weighted by molar-refractivity contribution is 6.30. The number of likely N-dealkylation sites (N-methyl/N-ethyl adjacent to an activating group) is 1. The number of anilines is 1. The minimum absolute atomic E-state index is 0.196. The van der Waals surface area contributed by atoms with E-state index in [2.05, 4.69) is 55.6 Å². The second-order valence-electron chi connectivity index (χ2n) is 9.96. The van der Waals surface area contributed by atoms with E-state index in [1.54, 1.807) is 0 Å². The van der Waals surface area contributed by atoms with E-state index in [4.69, 9.17) is 26.5 Å². The zero-order valence-corrected chi connectivity index (χ0v) is 20.9. The Kier molecular flexibility index (Phi) is 6.45. The van der Waals surface area contributed by atoms with E-state index in [1.165, 1.54) is 5.56 Å². The fourth-order valence-corrected chi connectivity index (χ4v) is 5.85. The maximum atomic E-state index is 6.45. The van der Waals surface area contributed by atoms with Gasteiger partial charge in [-0.2, -0.15) is 0 Å².